The molecule has 0 bridgehead atoms. The number of aryl methyl sites for hydroxylation is 1. The molecule has 2 aliphatic rings. The van der Waals surface area contributed by atoms with Gasteiger partial charge in [-0.25, -0.2) is 4.68 Å². The quantitative estimate of drug-likeness (QED) is 0.235. The van der Waals surface area contributed by atoms with Gasteiger partial charge in [-0.1, -0.05) is 37.5 Å². The maximum absolute atomic E-state index is 9.61. The van der Waals surface area contributed by atoms with Crippen molar-refractivity contribution in [1.29, 1.82) is 5.26 Å². The molecule has 0 radical (unpaired) electrons. The lowest BCUT2D eigenvalue weighted by Gasteiger charge is -2.33. The first-order valence-corrected chi connectivity index (χ1v) is 12.0. The number of likely N-dealkylation sites (tertiary alicyclic amines) is 1. The summed E-state index contributed by atoms with van der Waals surface area (Å²) >= 11 is 0. The number of nitriles is 1. The highest BCUT2D eigenvalue weighted by atomic mass is 127. The Morgan fingerprint density at radius 2 is 1.97 bits per heavy atom. The number of hydrogen-bond donors (Lipinski definition) is 2. The van der Waals surface area contributed by atoms with Gasteiger partial charge in [0.25, 0.3) is 0 Å². The van der Waals surface area contributed by atoms with Crippen LogP contribution in [0, 0.1) is 16.7 Å². The monoisotopic (exact) mass is 561 g/mol. The number of rotatable bonds is 6. The number of benzene rings is 1. The van der Waals surface area contributed by atoms with Crippen molar-refractivity contribution in [3.8, 4) is 11.8 Å². The number of nitrogens with zero attached hydrogens (tertiary/aromatic N) is 5. The largest absolute Gasteiger partial charge is 0.382 e. The second kappa shape index (κ2) is 11.7. The molecule has 8 heteroatoms. The molecule has 178 valence electrons. The van der Waals surface area contributed by atoms with E-state index in [0.717, 1.165) is 43.4 Å². The molecule has 1 aliphatic heterocycles. The van der Waals surface area contributed by atoms with Crippen molar-refractivity contribution in [2.75, 3.05) is 31.9 Å². The molecule has 0 amide bonds. The van der Waals surface area contributed by atoms with Crippen LogP contribution >= 0.6 is 24.0 Å². The number of halogens is 1. The average molecular weight is 562 g/mol. The summed E-state index contributed by atoms with van der Waals surface area (Å²) in [4.78, 5) is 7.37. The summed E-state index contributed by atoms with van der Waals surface area (Å²) in [6.45, 7) is 5.94. The summed E-state index contributed by atoms with van der Waals surface area (Å²) in [5, 5.41) is 17.7. The van der Waals surface area contributed by atoms with E-state index in [1.807, 2.05) is 30.3 Å². The van der Waals surface area contributed by atoms with Gasteiger partial charge >= 0.3 is 0 Å². The zero-order chi connectivity index (χ0) is 22.4. The molecule has 1 saturated heterocycles. The summed E-state index contributed by atoms with van der Waals surface area (Å²) in [6, 6.07) is 11.9. The maximum atomic E-state index is 9.61. The Balaban J connectivity index is 0.00000306. The molecule has 0 unspecified atom stereocenters. The molecule has 1 aromatic heterocycles. The van der Waals surface area contributed by atoms with Crippen LogP contribution in [-0.4, -0.2) is 46.8 Å². The van der Waals surface area contributed by atoms with Crippen molar-refractivity contribution in [2.24, 2.45) is 10.4 Å². The molecule has 7 nitrogen and oxygen atoms in total. The first-order chi connectivity index (χ1) is 15.7. The van der Waals surface area contributed by atoms with E-state index in [9.17, 15) is 5.26 Å². The molecule has 33 heavy (non-hydrogen) atoms. The summed E-state index contributed by atoms with van der Waals surface area (Å²) < 4.78 is 1.66. The molecular formula is C25H36IN7. The lowest BCUT2D eigenvalue weighted by atomic mass is 9.73. The Kier molecular flexibility index (Phi) is 9.01. The fraction of sp³-hybridized carbons (Fsp3) is 0.560. The predicted molar refractivity (Wildman–Crippen MR) is 144 cm³/mol. The zero-order valence-corrected chi connectivity index (χ0v) is 21.9. The number of nitrogens with two attached hydrogens (primary N) is 1. The Morgan fingerprint density at radius 1 is 1.21 bits per heavy atom. The van der Waals surface area contributed by atoms with E-state index in [4.69, 9.17) is 10.7 Å². The molecule has 1 spiro atoms. The second-order valence-corrected chi connectivity index (χ2v) is 9.14. The predicted octanol–water partition coefficient (Wildman–Crippen LogP) is 4.50. The number of hydrogen-bond acceptors (Lipinski definition) is 4. The number of aliphatic imine (C=N–C) groups is 1. The van der Waals surface area contributed by atoms with Crippen molar-refractivity contribution >= 4 is 35.8 Å². The Hall–Kier alpha value is -2.28. The number of guanidine groups is 1. The van der Waals surface area contributed by atoms with Crippen molar-refractivity contribution in [2.45, 2.75) is 58.3 Å². The van der Waals surface area contributed by atoms with Crippen molar-refractivity contribution in [1.82, 2.24) is 20.0 Å². The third kappa shape index (κ3) is 5.81. The highest BCUT2D eigenvalue weighted by Crippen LogP contribution is 2.43. The molecular weight excluding hydrogens is 525 g/mol. The van der Waals surface area contributed by atoms with E-state index in [-0.39, 0.29) is 24.0 Å². The van der Waals surface area contributed by atoms with Gasteiger partial charge in [0.2, 0.25) is 0 Å². The Morgan fingerprint density at radius 3 is 2.67 bits per heavy atom. The van der Waals surface area contributed by atoms with Crippen LogP contribution in [0.2, 0.25) is 0 Å². The first-order valence-electron chi connectivity index (χ1n) is 12.0. The molecule has 1 aliphatic carbocycles. The summed E-state index contributed by atoms with van der Waals surface area (Å²) in [5.41, 5.74) is 8.82. The first kappa shape index (κ1) is 25.3. The fourth-order valence-corrected chi connectivity index (χ4v) is 5.22. The van der Waals surface area contributed by atoms with Crippen LogP contribution in [0.25, 0.3) is 5.69 Å². The van der Waals surface area contributed by atoms with Gasteiger partial charge in [-0.05, 0) is 56.6 Å². The lowest BCUT2D eigenvalue weighted by molar-refractivity contribution is 0.203. The number of nitrogen functional groups attached to an aromatic ring is 1. The number of anilines is 1. The minimum absolute atomic E-state index is 0. The van der Waals surface area contributed by atoms with Gasteiger partial charge in [0.1, 0.15) is 17.5 Å². The molecule has 2 heterocycles. The number of nitrogens with one attached hydrogen (secondary N) is 1. The van der Waals surface area contributed by atoms with Crippen molar-refractivity contribution in [3.63, 3.8) is 0 Å². The molecule has 2 fully saturated rings. The molecule has 0 atom stereocenters. The maximum Gasteiger partial charge on any atom is 0.193 e. The summed E-state index contributed by atoms with van der Waals surface area (Å²) in [7, 11) is 0. The summed E-state index contributed by atoms with van der Waals surface area (Å²) in [5.74, 6) is 1.44. The molecule has 1 saturated carbocycles. The fourth-order valence-electron chi connectivity index (χ4n) is 5.22. The third-order valence-electron chi connectivity index (χ3n) is 6.93. The topological polar surface area (TPSA) is 95.3 Å². The Labute approximate surface area is 214 Å². The minimum atomic E-state index is 0. The van der Waals surface area contributed by atoms with Crippen LogP contribution in [0.1, 0.15) is 63.1 Å². The number of aromatic nitrogens is 2. The lowest BCUT2D eigenvalue weighted by Crippen LogP contribution is -2.41. The van der Waals surface area contributed by atoms with E-state index in [2.05, 4.69) is 28.3 Å². The van der Waals surface area contributed by atoms with Crippen LogP contribution in [0.4, 0.5) is 5.82 Å². The molecule has 1 aromatic carbocycles. The average Bonchev–Trinajstić information content (AvgIpc) is 3.37. The van der Waals surface area contributed by atoms with E-state index < -0.39 is 0 Å². The minimum Gasteiger partial charge on any atom is -0.382 e. The molecule has 4 rings (SSSR count). The number of para-hydroxylation sites is 1. The standard InChI is InChI=1S/C25H35N7.HI/c1-2-28-24(31-17-15-25(19-31)13-7-4-8-14-25)29-16-9-12-22-21(18-26)23(27)32(30-22)20-10-5-3-6-11-20;/h3,5-6,10-11H,2,4,7-9,12-17,19,27H2,1H3,(H,28,29);1H. The van der Waals surface area contributed by atoms with Crippen LogP contribution in [0.15, 0.2) is 35.3 Å². The highest BCUT2D eigenvalue weighted by Gasteiger charge is 2.39. The van der Waals surface area contributed by atoms with Gasteiger partial charge < -0.3 is 16.0 Å². The van der Waals surface area contributed by atoms with Gasteiger partial charge in [-0.2, -0.15) is 10.4 Å². The SMILES string of the molecule is CCNC(=NCCCc1nn(-c2ccccc2)c(N)c1C#N)N1CCC2(CCCCC2)C1.I. The van der Waals surface area contributed by atoms with E-state index in [1.54, 1.807) is 4.68 Å². The van der Waals surface area contributed by atoms with Crippen LogP contribution in [-0.2, 0) is 6.42 Å². The summed E-state index contributed by atoms with van der Waals surface area (Å²) in [6.07, 6.45) is 9.68. The van der Waals surface area contributed by atoms with Crippen molar-refractivity contribution < 1.29 is 0 Å². The van der Waals surface area contributed by atoms with E-state index in [1.165, 1.54) is 38.5 Å². The van der Waals surface area contributed by atoms with Crippen LogP contribution < -0.4 is 11.1 Å². The van der Waals surface area contributed by atoms with E-state index in [0.29, 0.717) is 29.8 Å². The van der Waals surface area contributed by atoms with Gasteiger partial charge in [0, 0.05) is 26.2 Å². The van der Waals surface area contributed by atoms with E-state index >= 15 is 0 Å². The second-order valence-electron chi connectivity index (χ2n) is 9.14. The van der Waals surface area contributed by atoms with Gasteiger partial charge in [0.05, 0.1) is 11.4 Å². The molecule has 2 aromatic rings. The van der Waals surface area contributed by atoms with Crippen LogP contribution in [0.3, 0.4) is 0 Å². The molecule has 3 N–H and O–H groups in total. The Bertz CT molecular complexity index is 971. The van der Waals surface area contributed by atoms with Crippen molar-refractivity contribution in [3.05, 3.63) is 41.6 Å². The smallest absolute Gasteiger partial charge is 0.193 e. The van der Waals surface area contributed by atoms with Gasteiger partial charge in [-0.3, -0.25) is 4.99 Å². The zero-order valence-electron chi connectivity index (χ0n) is 19.6. The highest BCUT2D eigenvalue weighted by molar-refractivity contribution is 14.0. The third-order valence-corrected chi connectivity index (χ3v) is 6.93. The van der Waals surface area contributed by atoms with Crippen LogP contribution in [0.5, 0.6) is 0 Å². The van der Waals surface area contributed by atoms with Gasteiger partial charge in [-0.15, -0.1) is 24.0 Å². The van der Waals surface area contributed by atoms with Gasteiger partial charge in [0.15, 0.2) is 5.96 Å². The normalized spacial score (nSPS) is 17.6.